The van der Waals surface area contributed by atoms with Gasteiger partial charge < -0.3 is 28.6 Å². The van der Waals surface area contributed by atoms with Crippen LogP contribution in [0.5, 0.6) is 11.5 Å². The largest absolute Gasteiger partial charge is 0.490 e. The van der Waals surface area contributed by atoms with Gasteiger partial charge in [0, 0.05) is 0 Å². The highest BCUT2D eigenvalue weighted by Crippen LogP contribution is 2.46. The normalized spacial score (nSPS) is 18.9. The number of hydrogen-bond donors (Lipinski definition) is 1. The van der Waals surface area contributed by atoms with Crippen molar-refractivity contribution >= 4 is 18.0 Å². The average Bonchev–Trinajstić information content (AvgIpc) is 3.15. The molecule has 0 unspecified atom stereocenters. The van der Waals surface area contributed by atoms with E-state index < -0.39 is 7.37 Å². The quantitative estimate of drug-likeness (QED) is 0.119. The molecule has 0 saturated carbocycles. The lowest BCUT2D eigenvalue weighted by Gasteiger charge is -2.27. The summed E-state index contributed by atoms with van der Waals surface area (Å²) in [5.41, 5.74) is 1.45. The van der Waals surface area contributed by atoms with Gasteiger partial charge in [0.25, 0.3) is 7.37 Å². The number of fused-ring (bicyclic) bond motifs is 2. The van der Waals surface area contributed by atoms with E-state index in [2.05, 4.69) is 55.4 Å². The molecule has 56 heavy (non-hydrogen) atoms. The van der Waals surface area contributed by atoms with Gasteiger partial charge in [-0.05, 0) is 59.1 Å². The number of hydrogen-bond acceptors (Lipinski definition) is 6. The first kappa shape index (κ1) is 48.5. The summed E-state index contributed by atoms with van der Waals surface area (Å²) in [5.74, 6) is 0.822. The number of rotatable bonds is 18. The Morgan fingerprint density at radius 2 is 0.911 bits per heavy atom. The van der Waals surface area contributed by atoms with Gasteiger partial charge in [0.2, 0.25) is 0 Å². The summed E-state index contributed by atoms with van der Waals surface area (Å²) >= 11 is 0. The van der Waals surface area contributed by atoms with Crippen molar-refractivity contribution < 1.29 is 33.1 Å². The number of unbranched alkanes of at least 4 members (excludes halogenated alkanes) is 14. The molecular weight excluding hydrogens is 719 g/mol. The molecule has 7 nitrogen and oxygen atoms in total. The van der Waals surface area contributed by atoms with Crippen LogP contribution in [-0.4, -0.2) is 56.7 Å². The molecule has 0 fully saturated rings. The third-order valence-electron chi connectivity index (χ3n) is 11.1. The van der Waals surface area contributed by atoms with Gasteiger partial charge >= 0.3 is 0 Å². The first-order chi connectivity index (χ1) is 26.8. The van der Waals surface area contributed by atoms with Crippen molar-refractivity contribution in [3.8, 4) is 11.5 Å². The van der Waals surface area contributed by atoms with Gasteiger partial charge in [0.15, 0.2) is 0 Å². The highest BCUT2D eigenvalue weighted by molar-refractivity contribution is 7.73. The van der Waals surface area contributed by atoms with Gasteiger partial charge in [-0.2, -0.15) is 0 Å². The summed E-state index contributed by atoms with van der Waals surface area (Å²) in [6.45, 7) is 19.6. The summed E-state index contributed by atoms with van der Waals surface area (Å²) in [7, 11) is -4.25. The zero-order valence-corrected chi connectivity index (χ0v) is 37.8. The summed E-state index contributed by atoms with van der Waals surface area (Å²) < 4.78 is 47.0. The Bertz CT molecular complexity index is 1310. The van der Waals surface area contributed by atoms with Crippen molar-refractivity contribution in [3.63, 3.8) is 0 Å². The first-order valence-electron chi connectivity index (χ1n) is 22.5. The molecule has 0 saturated heterocycles. The fourth-order valence-corrected chi connectivity index (χ4v) is 9.03. The molecule has 0 radical (unpaired) electrons. The molecule has 0 bridgehead atoms. The Labute approximate surface area is 342 Å². The monoisotopic (exact) mass is 801 g/mol. The lowest BCUT2D eigenvalue weighted by molar-refractivity contribution is -0.0445. The summed E-state index contributed by atoms with van der Waals surface area (Å²) in [6, 6.07) is 11.5. The van der Waals surface area contributed by atoms with Crippen molar-refractivity contribution in [2.45, 2.75) is 194 Å². The van der Waals surface area contributed by atoms with Gasteiger partial charge in [-0.25, -0.2) is 0 Å². The van der Waals surface area contributed by atoms with Crippen molar-refractivity contribution in [1.29, 1.82) is 0 Å². The highest BCUT2D eigenvalue weighted by Gasteiger charge is 2.35. The minimum atomic E-state index is -4.25. The molecule has 1 heterocycles. The number of benzene rings is 2. The second-order valence-electron chi connectivity index (χ2n) is 18.2. The fraction of sp³-hybridized carbons (Fsp3) is 0.750. The maximum atomic E-state index is 15.2. The standard InChI is InChI=1S/C48H81O7P/c1-9-11-13-15-17-19-21-23-25-41-37-54-43-29-27-39(47(3,4)5)35-45(43)56(49,50)46-36-40(48(6,7)8)28-30-44(46)55-38-42(53-34-32-51-31-33-52-41)26-24-22-20-18-16-14-12-10-2/h27-30,35-36,41-42H,9-26,31-34,37-38H2,1-8H3,(H,49,50)/t41-,42-/m0/s1. The molecule has 320 valence electrons. The van der Waals surface area contributed by atoms with Crippen LogP contribution in [0.1, 0.15) is 182 Å². The summed E-state index contributed by atoms with van der Waals surface area (Å²) in [4.78, 5) is 12.5. The topological polar surface area (TPSA) is 83.5 Å². The van der Waals surface area contributed by atoms with Gasteiger partial charge in [0.05, 0.1) is 49.2 Å². The Balaban J connectivity index is 1.93. The molecule has 2 atom stereocenters. The van der Waals surface area contributed by atoms with Crippen LogP contribution in [-0.2, 0) is 29.6 Å². The van der Waals surface area contributed by atoms with Gasteiger partial charge in [-0.1, -0.05) is 170 Å². The Morgan fingerprint density at radius 3 is 1.27 bits per heavy atom. The third-order valence-corrected chi connectivity index (χ3v) is 13.1. The zero-order valence-electron chi connectivity index (χ0n) is 36.9. The van der Waals surface area contributed by atoms with Crippen LogP contribution in [0, 0.1) is 0 Å². The molecule has 0 spiro atoms. The minimum absolute atomic E-state index is 0.166. The first-order valence-corrected chi connectivity index (χ1v) is 24.1. The molecule has 0 aliphatic carbocycles. The Kier molecular flexibility index (Phi) is 22.1. The summed E-state index contributed by atoms with van der Waals surface area (Å²) in [5, 5.41) is 0.589. The van der Waals surface area contributed by atoms with Crippen molar-refractivity contribution in [2.24, 2.45) is 0 Å². The second kappa shape index (κ2) is 25.6. The van der Waals surface area contributed by atoms with E-state index >= 15 is 4.57 Å². The Morgan fingerprint density at radius 1 is 0.554 bits per heavy atom. The Hall–Kier alpha value is -1.89. The van der Waals surface area contributed by atoms with E-state index in [0.717, 1.165) is 49.7 Å². The van der Waals surface area contributed by atoms with Crippen LogP contribution in [0.3, 0.4) is 0 Å². The maximum Gasteiger partial charge on any atom is 0.266 e. The SMILES string of the molecule is CCCCCCCCCC[C@H]1COc2ccc(C(C)(C)C)cc2P(=O)(O)c2cc(C(C)(C)C)ccc2OC[C@H](CCCCCCCCCC)OCCOCCO1. The van der Waals surface area contributed by atoms with E-state index in [0.29, 0.717) is 48.5 Å². The third kappa shape index (κ3) is 17.5. The van der Waals surface area contributed by atoms with Crippen molar-refractivity contribution in [2.75, 3.05) is 39.6 Å². The molecule has 1 aliphatic heterocycles. The molecule has 1 N–H and O–H groups in total. The van der Waals surface area contributed by atoms with E-state index in [1.54, 1.807) is 0 Å². The predicted molar refractivity (Wildman–Crippen MR) is 235 cm³/mol. The molecule has 8 heteroatoms. The van der Waals surface area contributed by atoms with Gasteiger partial charge in [-0.15, -0.1) is 0 Å². The molecule has 2 aromatic carbocycles. The van der Waals surface area contributed by atoms with Crippen LogP contribution in [0.25, 0.3) is 0 Å². The van der Waals surface area contributed by atoms with Crippen LogP contribution < -0.4 is 20.1 Å². The van der Waals surface area contributed by atoms with E-state index in [1.807, 2.05) is 36.4 Å². The van der Waals surface area contributed by atoms with E-state index in [4.69, 9.17) is 23.7 Å². The molecule has 0 aromatic heterocycles. The lowest BCUT2D eigenvalue weighted by atomic mass is 9.87. The zero-order chi connectivity index (χ0) is 40.9. The maximum absolute atomic E-state index is 15.2. The number of ether oxygens (including phenoxy) is 5. The van der Waals surface area contributed by atoms with E-state index in [-0.39, 0.29) is 36.3 Å². The molecule has 0 amide bonds. The molecule has 3 rings (SSSR count). The fourth-order valence-electron chi connectivity index (χ4n) is 7.27. The van der Waals surface area contributed by atoms with E-state index in [9.17, 15) is 4.89 Å². The van der Waals surface area contributed by atoms with Crippen LogP contribution in [0.2, 0.25) is 0 Å². The molecule has 2 aromatic rings. The van der Waals surface area contributed by atoms with Crippen LogP contribution in [0.4, 0.5) is 0 Å². The predicted octanol–water partition coefficient (Wildman–Crippen LogP) is 12.1. The van der Waals surface area contributed by atoms with Crippen LogP contribution in [0.15, 0.2) is 36.4 Å². The van der Waals surface area contributed by atoms with Crippen LogP contribution >= 0.6 is 7.37 Å². The van der Waals surface area contributed by atoms with Gasteiger partial charge in [-0.3, -0.25) is 4.57 Å². The van der Waals surface area contributed by atoms with E-state index in [1.165, 1.54) is 77.0 Å². The van der Waals surface area contributed by atoms with Crippen molar-refractivity contribution in [1.82, 2.24) is 0 Å². The summed E-state index contributed by atoms with van der Waals surface area (Å²) in [6.07, 6.45) is 21.2. The smallest absolute Gasteiger partial charge is 0.266 e. The minimum Gasteiger partial charge on any atom is -0.490 e. The highest BCUT2D eigenvalue weighted by atomic mass is 31.2. The average molecular weight is 801 g/mol. The molecule has 1 aliphatic rings. The lowest BCUT2D eigenvalue weighted by Crippen LogP contribution is -2.29. The second-order valence-corrected chi connectivity index (χ2v) is 20.3. The molecular formula is C48H81O7P. The van der Waals surface area contributed by atoms with Gasteiger partial charge in [0.1, 0.15) is 24.7 Å². The van der Waals surface area contributed by atoms with Crippen molar-refractivity contribution in [3.05, 3.63) is 47.5 Å².